The second-order valence-electron chi connectivity index (χ2n) is 2.70. The second kappa shape index (κ2) is 4.54. The third kappa shape index (κ3) is 2.50. The SMILES string of the molecule is C#CC[C@H](O)c1ccc(OC)cc1. The van der Waals surface area contributed by atoms with Crippen LogP contribution in [-0.4, -0.2) is 12.2 Å². The Balaban J connectivity index is 2.74. The minimum atomic E-state index is -0.573. The lowest BCUT2D eigenvalue weighted by molar-refractivity contribution is 0.184. The average molecular weight is 176 g/mol. The van der Waals surface area contributed by atoms with Crippen LogP contribution in [0.15, 0.2) is 24.3 Å². The van der Waals surface area contributed by atoms with E-state index in [2.05, 4.69) is 5.92 Å². The lowest BCUT2D eigenvalue weighted by atomic mass is 10.1. The summed E-state index contributed by atoms with van der Waals surface area (Å²) in [7, 11) is 1.60. The molecule has 0 aliphatic heterocycles. The highest BCUT2D eigenvalue weighted by molar-refractivity contribution is 5.28. The van der Waals surface area contributed by atoms with E-state index in [-0.39, 0.29) is 0 Å². The van der Waals surface area contributed by atoms with Crippen LogP contribution in [0.4, 0.5) is 0 Å². The summed E-state index contributed by atoms with van der Waals surface area (Å²) < 4.78 is 4.99. The van der Waals surface area contributed by atoms with Crippen LogP contribution < -0.4 is 4.74 Å². The molecule has 2 heteroatoms. The number of rotatable bonds is 3. The number of aliphatic hydroxyl groups is 1. The first-order chi connectivity index (χ1) is 6.27. The van der Waals surface area contributed by atoms with E-state index in [0.717, 1.165) is 11.3 Å². The van der Waals surface area contributed by atoms with Crippen molar-refractivity contribution in [2.75, 3.05) is 7.11 Å². The summed E-state index contributed by atoms with van der Waals surface area (Å²) in [5.74, 6) is 3.19. The Hall–Kier alpha value is -1.46. The molecule has 2 nitrogen and oxygen atoms in total. The summed E-state index contributed by atoms with van der Waals surface area (Å²) in [4.78, 5) is 0. The molecule has 13 heavy (non-hydrogen) atoms. The molecule has 0 heterocycles. The summed E-state index contributed by atoms with van der Waals surface area (Å²) in [5, 5.41) is 9.50. The zero-order valence-corrected chi connectivity index (χ0v) is 7.53. The van der Waals surface area contributed by atoms with E-state index in [4.69, 9.17) is 11.2 Å². The van der Waals surface area contributed by atoms with Gasteiger partial charge in [0.2, 0.25) is 0 Å². The van der Waals surface area contributed by atoms with Gasteiger partial charge in [0.1, 0.15) is 5.75 Å². The number of hydrogen-bond donors (Lipinski definition) is 1. The highest BCUT2D eigenvalue weighted by Gasteiger charge is 2.04. The minimum absolute atomic E-state index is 0.340. The molecule has 0 spiro atoms. The first-order valence-electron chi connectivity index (χ1n) is 4.03. The Morgan fingerprint density at radius 2 is 2.08 bits per heavy atom. The van der Waals surface area contributed by atoms with E-state index < -0.39 is 6.10 Å². The van der Waals surface area contributed by atoms with Crippen molar-refractivity contribution in [3.63, 3.8) is 0 Å². The molecule has 1 aromatic rings. The number of benzene rings is 1. The molecular weight excluding hydrogens is 164 g/mol. The van der Waals surface area contributed by atoms with Gasteiger partial charge in [-0.05, 0) is 17.7 Å². The molecule has 1 aromatic carbocycles. The van der Waals surface area contributed by atoms with Crippen LogP contribution >= 0.6 is 0 Å². The Morgan fingerprint density at radius 3 is 2.54 bits per heavy atom. The normalized spacial score (nSPS) is 11.8. The topological polar surface area (TPSA) is 29.5 Å². The van der Waals surface area contributed by atoms with Gasteiger partial charge in [0.05, 0.1) is 13.2 Å². The van der Waals surface area contributed by atoms with Gasteiger partial charge in [0, 0.05) is 6.42 Å². The molecule has 0 saturated carbocycles. The molecule has 0 aromatic heterocycles. The molecule has 1 rings (SSSR count). The zero-order chi connectivity index (χ0) is 9.68. The number of hydrogen-bond acceptors (Lipinski definition) is 2. The third-order valence-electron chi connectivity index (χ3n) is 1.81. The number of aliphatic hydroxyl groups excluding tert-OH is 1. The van der Waals surface area contributed by atoms with E-state index in [9.17, 15) is 5.11 Å². The standard InChI is InChI=1S/C11H12O2/c1-3-4-11(12)9-5-7-10(13-2)8-6-9/h1,5-8,11-12H,4H2,2H3/t11-/m0/s1. The summed E-state index contributed by atoms with van der Waals surface area (Å²) in [6.45, 7) is 0. The molecule has 0 aliphatic carbocycles. The fourth-order valence-corrected chi connectivity index (χ4v) is 1.06. The summed E-state index contributed by atoms with van der Waals surface area (Å²) in [6, 6.07) is 7.21. The highest BCUT2D eigenvalue weighted by atomic mass is 16.5. The van der Waals surface area contributed by atoms with E-state index in [0.29, 0.717) is 6.42 Å². The summed E-state index contributed by atoms with van der Waals surface area (Å²) >= 11 is 0. The molecule has 0 unspecified atom stereocenters. The van der Waals surface area contributed by atoms with Crippen molar-refractivity contribution in [2.45, 2.75) is 12.5 Å². The molecule has 1 atom stereocenters. The van der Waals surface area contributed by atoms with Gasteiger partial charge in [-0.2, -0.15) is 0 Å². The molecule has 0 saturated heterocycles. The van der Waals surface area contributed by atoms with Gasteiger partial charge in [-0.15, -0.1) is 12.3 Å². The van der Waals surface area contributed by atoms with Gasteiger partial charge in [0.25, 0.3) is 0 Å². The zero-order valence-electron chi connectivity index (χ0n) is 7.53. The predicted octanol–water partition coefficient (Wildman–Crippen LogP) is 1.75. The fraction of sp³-hybridized carbons (Fsp3) is 0.273. The van der Waals surface area contributed by atoms with Gasteiger partial charge in [-0.1, -0.05) is 12.1 Å². The van der Waals surface area contributed by atoms with E-state index in [1.807, 2.05) is 0 Å². The van der Waals surface area contributed by atoms with Crippen LogP contribution in [0, 0.1) is 12.3 Å². The van der Waals surface area contributed by atoms with Crippen LogP contribution in [-0.2, 0) is 0 Å². The minimum Gasteiger partial charge on any atom is -0.497 e. The summed E-state index contributed by atoms with van der Waals surface area (Å²) in [6.07, 6.45) is 4.85. The van der Waals surface area contributed by atoms with Crippen molar-refractivity contribution in [1.29, 1.82) is 0 Å². The van der Waals surface area contributed by atoms with Crippen molar-refractivity contribution >= 4 is 0 Å². The first-order valence-corrected chi connectivity index (χ1v) is 4.03. The monoisotopic (exact) mass is 176 g/mol. The van der Waals surface area contributed by atoms with Crippen molar-refractivity contribution in [3.8, 4) is 18.1 Å². The van der Waals surface area contributed by atoms with Gasteiger partial charge in [-0.3, -0.25) is 0 Å². The smallest absolute Gasteiger partial charge is 0.118 e. The Bertz CT molecular complexity index is 295. The van der Waals surface area contributed by atoms with Crippen molar-refractivity contribution < 1.29 is 9.84 Å². The molecule has 0 fully saturated rings. The molecule has 0 bridgehead atoms. The van der Waals surface area contributed by atoms with Crippen LogP contribution in [0.25, 0.3) is 0 Å². The van der Waals surface area contributed by atoms with Gasteiger partial charge in [0.15, 0.2) is 0 Å². The van der Waals surface area contributed by atoms with Gasteiger partial charge < -0.3 is 9.84 Å². The third-order valence-corrected chi connectivity index (χ3v) is 1.81. The molecule has 1 N–H and O–H groups in total. The molecular formula is C11H12O2. The predicted molar refractivity (Wildman–Crippen MR) is 51.4 cm³/mol. The Kier molecular flexibility index (Phi) is 3.36. The number of ether oxygens (including phenoxy) is 1. The van der Waals surface area contributed by atoms with Gasteiger partial charge in [-0.25, -0.2) is 0 Å². The first kappa shape index (κ1) is 9.63. The quantitative estimate of drug-likeness (QED) is 0.711. The van der Waals surface area contributed by atoms with Gasteiger partial charge >= 0.3 is 0 Å². The van der Waals surface area contributed by atoms with Crippen LogP contribution in [0.5, 0.6) is 5.75 Å². The Morgan fingerprint density at radius 1 is 1.46 bits per heavy atom. The van der Waals surface area contributed by atoms with Crippen molar-refractivity contribution in [1.82, 2.24) is 0 Å². The Labute approximate surface area is 78.2 Å². The highest BCUT2D eigenvalue weighted by Crippen LogP contribution is 2.19. The van der Waals surface area contributed by atoms with Crippen molar-refractivity contribution in [2.24, 2.45) is 0 Å². The average Bonchev–Trinajstić information content (AvgIpc) is 2.18. The second-order valence-corrected chi connectivity index (χ2v) is 2.70. The molecule has 0 radical (unpaired) electrons. The van der Waals surface area contributed by atoms with Crippen LogP contribution in [0.3, 0.4) is 0 Å². The number of methoxy groups -OCH3 is 1. The molecule has 0 aliphatic rings. The van der Waals surface area contributed by atoms with E-state index >= 15 is 0 Å². The van der Waals surface area contributed by atoms with Crippen LogP contribution in [0.2, 0.25) is 0 Å². The van der Waals surface area contributed by atoms with E-state index in [1.165, 1.54) is 0 Å². The summed E-state index contributed by atoms with van der Waals surface area (Å²) in [5.41, 5.74) is 0.818. The maximum atomic E-state index is 9.50. The van der Waals surface area contributed by atoms with E-state index in [1.54, 1.807) is 31.4 Å². The number of terminal acetylenes is 1. The maximum absolute atomic E-state index is 9.50. The van der Waals surface area contributed by atoms with Crippen LogP contribution in [0.1, 0.15) is 18.1 Å². The lowest BCUT2D eigenvalue weighted by Crippen LogP contribution is -1.95. The molecule has 68 valence electrons. The lowest BCUT2D eigenvalue weighted by Gasteiger charge is -2.07. The fourth-order valence-electron chi connectivity index (χ4n) is 1.06. The molecule has 0 amide bonds. The largest absolute Gasteiger partial charge is 0.497 e. The maximum Gasteiger partial charge on any atom is 0.118 e. The van der Waals surface area contributed by atoms with Crippen molar-refractivity contribution in [3.05, 3.63) is 29.8 Å².